The van der Waals surface area contributed by atoms with Crippen LogP contribution in [0.1, 0.15) is 13.8 Å². The molecule has 1 aliphatic heterocycles. The number of amides is 1. The summed E-state index contributed by atoms with van der Waals surface area (Å²) in [7, 11) is 1.90. The third kappa shape index (κ3) is 2.25. The summed E-state index contributed by atoms with van der Waals surface area (Å²) in [6, 6.07) is -0.347. The van der Waals surface area contributed by atoms with Crippen LogP contribution in [0.5, 0.6) is 0 Å². The summed E-state index contributed by atoms with van der Waals surface area (Å²) in [6.07, 6.45) is 0. The van der Waals surface area contributed by atoms with Crippen LogP contribution in [0.3, 0.4) is 0 Å². The Morgan fingerprint density at radius 2 is 2.14 bits per heavy atom. The number of nitrogens with zero attached hydrogens (tertiary/aromatic N) is 2. The van der Waals surface area contributed by atoms with Crippen molar-refractivity contribution in [2.24, 2.45) is 5.92 Å². The van der Waals surface area contributed by atoms with E-state index >= 15 is 0 Å². The van der Waals surface area contributed by atoms with Crippen molar-refractivity contribution in [1.82, 2.24) is 9.80 Å². The van der Waals surface area contributed by atoms with E-state index in [1.54, 1.807) is 0 Å². The summed E-state index contributed by atoms with van der Waals surface area (Å²) in [6.45, 7) is 6.42. The van der Waals surface area contributed by atoms with Gasteiger partial charge in [0, 0.05) is 19.6 Å². The Hall–Kier alpha value is -0.610. The van der Waals surface area contributed by atoms with Gasteiger partial charge in [-0.05, 0) is 19.9 Å². The van der Waals surface area contributed by atoms with Crippen LogP contribution < -0.4 is 0 Å². The maximum Gasteiger partial charge on any atom is 0.242 e. The summed E-state index contributed by atoms with van der Waals surface area (Å²) in [5.74, 6) is 0.530. The Morgan fingerprint density at radius 3 is 2.64 bits per heavy atom. The maximum absolute atomic E-state index is 11.9. The number of hydrogen-bond donors (Lipinski definition) is 1. The zero-order valence-corrected chi connectivity index (χ0v) is 9.23. The van der Waals surface area contributed by atoms with Crippen LogP contribution in [-0.2, 0) is 4.79 Å². The first kappa shape index (κ1) is 11.5. The molecule has 0 radical (unpaired) electrons. The SMILES string of the molecule is CCN1CC(C)CN(C)C(CO)C1=O. The number of aliphatic hydroxyl groups excluding tert-OH is 1. The highest BCUT2D eigenvalue weighted by atomic mass is 16.3. The molecule has 1 saturated heterocycles. The molecule has 4 heteroatoms. The van der Waals surface area contributed by atoms with E-state index in [1.165, 1.54) is 0 Å². The van der Waals surface area contributed by atoms with Crippen molar-refractivity contribution >= 4 is 5.91 Å². The van der Waals surface area contributed by atoms with E-state index in [1.807, 2.05) is 23.8 Å². The number of carbonyl (C=O) groups excluding carboxylic acids is 1. The molecule has 0 aromatic heterocycles. The van der Waals surface area contributed by atoms with Crippen LogP contribution in [0.4, 0.5) is 0 Å². The lowest BCUT2D eigenvalue weighted by Gasteiger charge is -2.25. The predicted octanol–water partition coefficient (Wildman–Crippen LogP) is -0.223. The van der Waals surface area contributed by atoms with Gasteiger partial charge >= 0.3 is 0 Å². The predicted molar refractivity (Wildman–Crippen MR) is 54.9 cm³/mol. The Kier molecular flexibility index (Phi) is 3.89. The molecule has 1 heterocycles. The molecular formula is C10H20N2O2. The fourth-order valence-corrected chi connectivity index (χ4v) is 2.04. The van der Waals surface area contributed by atoms with Crippen molar-refractivity contribution in [3.63, 3.8) is 0 Å². The minimum Gasteiger partial charge on any atom is -0.394 e. The lowest BCUT2D eigenvalue weighted by atomic mass is 10.1. The number of rotatable bonds is 2. The van der Waals surface area contributed by atoms with E-state index in [4.69, 9.17) is 5.11 Å². The molecule has 0 aliphatic carbocycles. The second-order valence-corrected chi connectivity index (χ2v) is 4.12. The number of carbonyl (C=O) groups is 1. The average molecular weight is 200 g/mol. The standard InChI is InChI=1S/C10H20N2O2/c1-4-12-6-8(2)5-11(3)9(7-13)10(12)14/h8-9,13H,4-7H2,1-3H3. The zero-order valence-electron chi connectivity index (χ0n) is 9.23. The molecule has 0 saturated carbocycles. The molecule has 82 valence electrons. The van der Waals surface area contributed by atoms with Gasteiger partial charge in [-0.2, -0.15) is 0 Å². The Morgan fingerprint density at radius 1 is 1.50 bits per heavy atom. The van der Waals surface area contributed by atoms with Crippen molar-refractivity contribution < 1.29 is 9.90 Å². The quantitative estimate of drug-likeness (QED) is 0.670. The third-order valence-corrected chi connectivity index (χ3v) is 2.82. The summed E-state index contributed by atoms with van der Waals surface area (Å²) in [4.78, 5) is 15.7. The molecule has 4 nitrogen and oxygen atoms in total. The van der Waals surface area contributed by atoms with Gasteiger partial charge in [0.2, 0.25) is 5.91 Å². The second kappa shape index (κ2) is 4.75. The summed E-state index contributed by atoms with van der Waals surface area (Å²) >= 11 is 0. The molecule has 1 rings (SSSR count). The molecule has 1 N–H and O–H groups in total. The first-order chi connectivity index (χ1) is 6.60. The van der Waals surface area contributed by atoms with Gasteiger partial charge in [-0.3, -0.25) is 9.69 Å². The Bertz CT molecular complexity index is 208. The largest absolute Gasteiger partial charge is 0.394 e. The molecule has 1 aliphatic rings. The molecular weight excluding hydrogens is 180 g/mol. The maximum atomic E-state index is 11.9. The zero-order chi connectivity index (χ0) is 10.7. The van der Waals surface area contributed by atoms with Crippen LogP contribution >= 0.6 is 0 Å². The topological polar surface area (TPSA) is 43.8 Å². The minimum atomic E-state index is -0.347. The van der Waals surface area contributed by atoms with E-state index < -0.39 is 0 Å². The smallest absolute Gasteiger partial charge is 0.242 e. The monoisotopic (exact) mass is 200 g/mol. The lowest BCUT2D eigenvalue weighted by Crippen LogP contribution is -2.46. The van der Waals surface area contributed by atoms with Gasteiger partial charge in [0.05, 0.1) is 6.61 Å². The normalized spacial score (nSPS) is 30.6. The van der Waals surface area contributed by atoms with Gasteiger partial charge in [0.15, 0.2) is 0 Å². The molecule has 14 heavy (non-hydrogen) atoms. The molecule has 0 spiro atoms. The molecule has 1 fully saturated rings. The van der Waals surface area contributed by atoms with Gasteiger partial charge in [-0.1, -0.05) is 6.92 Å². The van der Waals surface area contributed by atoms with Crippen molar-refractivity contribution in [2.45, 2.75) is 19.9 Å². The van der Waals surface area contributed by atoms with E-state index in [0.29, 0.717) is 5.92 Å². The lowest BCUT2D eigenvalue weighted by molar-refractivity contribution is -0.136. The van der Waals surface area contributed by atoms with Gasteiger partial charge in [0.1, 0.15) is 6.04 Å². The summed E-state index contributed by atoms with van der Waals surface area (Å²) in [5.41, 5.74) is 0. The van der Waals surface area contributed by atoms with Crippen molar-refractivity contribution in [3.8, 4) is 0 Å². The van der Waals surface area contributed by atoms with Crippen LogP contribution in [-0.4, -0.2) is 60.1 Å². The van der Waals surface area contributed by atoms with Gasteiger partial charge in [0.25, 0.3) is 0 Å². The molecule has 0 aromatic carbocycles. The van der Waals surface area contributed by atoms with Gasteiger partial charge < -0.3 is 10.0 Å². The fraction of sp³-hybridized carbons (Fsp3) is 0.900. The Balaban J connectivity index is 2.80. The summed E-state index contributed by atoms with van der Waals surface area (Å²) < 4.78 is 0. The first-order valence-electron chi connectivity index (χ1n) is 5.20. The molecule has 2 atom stereocenters. The van der Waals surface area contributed by atoms with Crippen LogP contribution in [0.25, 0.3) is 0 Å². The highest BCUT2D eigenvalue weighted by Gasteiger charge is 2.31. The van der Waals surface area contributed by atoms with Crippen molar-refractivity contribution in [1.29, 1.82) is 0 Å². The van der Waals surface area contributed by atoms with Crippen LogP contribution in [0, 0.1) is 5.92 Å². The highest BCUT2D eigenvalue weighted by molar-refractivity contribution is 5.82. The van der Waals surface area contributed by atoms with E-state index in [9.17, 15) is 4.79 Å². The third-order valence-electron chi connectivity index (χ3n) is 2.82. The van der Waals surface area contributed by atoms with Gasteiger partial charge in [-0.25, -0.2) is 0 Å². The van der Waals surface area contributed by atoms with Gasteiger partial charge in [-0.15, -0.1) is 0 Å². The fourth-order valence-electron chi connectivity index (χ4n) is 2.04. The molecule has 0 bridgehead atoms. The minimum absolute atomic E-state index is 0.0573. The van der Waals surface area contributed by atoms with Crippen LogP contribution in [0.2, 0.25) is 0 Å². The second-order valence-electron chi connectivity index (χ2n) is 4.12. The van der Waals surface area contributed by atoms with Crippen molar-refractivity contribution in [2.75, 3.05) is 33.3 Å². The van der Waals surface area contributed by atoms with E-state index in [2.05, 4.69) is 6.92 Å². The Labute approximate surface area is 85.5 Å². The average Bonchev–Trinajstić information content (AvgIpc) is 2.23. The first-order valence-corrected chi connectivity index (χ1v) is 5.20. The summed E-state index contributed by atoms with van der Waals surface area (Å²) in [5, 5.41) is 9.17. The molecule has 2 unspecified atom stereocenters. The van der Waals surface area contributed by atoms with Crippen LogP contribution in [0.15, 0.2) is 0 Å². The van der Waals surface area contributed by atoms with E-state index in [-0.39, 0.29) is 18.6 Å². The number of hydrogen-bond acceptors (Lipinski definition) is 3. The van der Waals surface area contributed by atoms with Crippen molar-refractivity contribution in [3.05, 3.63) is 0 Å². The van der Waals surface area contributed by atoms with E-state index in [0.717, 1.165) is 19.6 Å². The molecule has 0 aromatic rings. The number of aliphatic hydroxyl groups is 1. The number of likely N-dealkylation sites (N-methyl/N-ethyl adjacent to an activating group) is 2. The molecule has 1 amide bonds. The highest BCUT2D eigenvalue weighted by Crippen LogP contribution is 2.13.